The minimum absolute atomic E-state index is 0.752. The van der Waals surface area contributed by atoms with Gasteiger partial charge in [0.1, 0.15) is 0 Å². The van der Waals surface area contributed by atoms with Gasteiger partial charge in [-0.05, 0) is 25.3 Å². The molecule has 1 rings (SSSR count). The van der Waals surface area contributed by atoms with Gasteiger partial charge >= 0.3 is 0 Å². The van der Waals surface area contributed by atoms with E-state index in [1.165, 1.54) is 29.8 Å². The van der Waals surface area contributed by atoms with Gasteiger partial charge in [0, 0.05) is 24.3 Å². The zero-order valence-electron chi connectivity index (χ0n) is 13.4. The summed E-state index contributed by atoms with van der Waals surface area (Å²) in [6.45, 7) is 14.2. The Bertz CT molecular complexity index is 364. The average molecular weight is 265 g/mol. The number of rotatable bonds is 9. The monoisotopic (exact) mass is 265 g/mol. The van der Waals surface area contributed by atoms with Gasteiger partial charge in [0.15, 0.2) is 0 Å². The summed E-state index contributed by atoms with van der Waals surface area (Å²) in [4.78, 5) is 0. The lowest BCUT2D eigenvalue weighted by atomic mass is 10.0. The van der Waals surface area contributed by atoms with Crippen molar-refractivity contribution < 1.29 is 0 Å². The Morgan fingerprint density at radius 3 is 2.21 bits per heavy atom. The standard InChI is InChI=1S/C16H31N3/c1-6-13(7-2)12-19-16(9-4)14(11-17-10-5)15(8-3)18-19/h13,17H,6-12H2,1-5H3. The van der Waals surface area contributed by atoms with Crippen LogP contribution < -0.4 is 5.32 Å². The Balaban J connectivity index is 3.00. The highest BCUT2D eigenvalue weighted by molar-refractivity contribution is 5.26. The molecule has 110 valence electrons. The number of nitrogens with one attached hydrogen (secondary N) is 1. The van der Waals surface area contributed by atoms with E-state index in [2.05, 4.69) is 44.6 Å². The third kappa shape index (κ3) is 4.07. The third-order valence-electron chi connectivity index (χ3n) is 4.06. The minimum atomic E-state index is 0.752. The van der Waals surface area contributed by atoms with Crippen molar-refractivity contribution in [2.75, 3.05) is 6.54 Å². The molecule has 0 amide bonds. The smallest absolute Gasteiger partial charge is 0.0669 e. The third-order valence-corrected chi connectivity index (χ3v) is 4.06. The predicted molar refractivity (Wildman–Crippen MR) is 82.4 cm³/mol. The van der Waals surface area contributed by atoms with E-state index < -0.39 is 0 Å². The molecule has 0 aliphatic rings. The summed E-state index contributed by atoms with van der Waals surface area (Å²) >= 11 is 0. The van der Waals surface area contributed by atoms with E-state index in [-0.39, 0.29) is 0 Å². The van der Waals surface area contributed by atoms with Gasteiger partial charge in [0.25, 0.3) is 0 Å². The van der Waals surface area contributed by atoms with Crippen molar-refractivity contribution in [2.24, 2.45) is 5.92 Å². The molecule has 0 unspecified atom stereocenters. The molecule has 1 aromatic rings. The zero-order chi connectivity index (χ0) is 14.3. The Labute approximate surface area is 118 Å². The fourth-order valence-corrected chi connectivity index (χ4v) is 2.67. The first-order valence-corrected chi connectivity index (χ1v) is 7.99. The number of hydrogen-bond acceptors (Lipinski definition) is 2. The summed E-state index contributed by atoms with van der Waals surface area (Å²) in [5, 5.41) is 8.32. The molecule has 3 heteroatoms. The lowest BCUT2D eigenvalue weighted by Gasteiger charge is -2.15. The van der Waals surface area contributed by atoms with Crippen LogP contribution in [-0.4, -0.2) is 16.3 Å². The average Bonchev–Trinajstić information content (AvgIpc) is 2.78. The molecule has 0 aliphatic carbocycles. The van der Waals surface area contributed by atoms with Gasteiger partial charge in [-0.3, -0.25) is 4.68 Å². The summed E-state index contributed by atoms with van der Waals surface area (Å²) in [5.41, 5.74) is 4.16. The van der Waals surface area contributed by atoms with Gasteiger partial charge in [-0.15, -0.1) is 0 Å². The normalized spacial score (nSPS) is 11.5. The highest BCUT2D eigenvalue weighted by Crippen LogP contribution is 2.19. The molecule has 0 radical (unpaired) electrons. The SMILES string of the molecule is CCNCc1c(CC)nn(CC(CC)CC)c1CC. The van der Waals surface area contributed by atoms with Gasteiger partial charge in [-0.25, -0.2) is 0 Å². The molecule has 0 spiro atoms. The summed E-state index contributed by atoms with van der Waals surface area (Å²) in [6, 6.07) is 0. The number of hydrogen-bond donors (Lipinski definition) is 1. The van der Waals surface area contributed by atoms with Crippen LogP contribution in [-0.2, 0) is 25.9 Å². The highest BCUT2D eigenvalue weighted by atomic mass is 15.3. The lowest BCUT2D eigenvalue weighted by Crippen LogP contribution is -2.16. The second-order valence-electron chi connectivity index (χ2n) is 5.22. The lowest BCUT2D eigenvalue weighted by molar-refractivity contribution is 0.387. The van der Waals surface area contributed by atoms with Gasteiger partial charge in [0.2, 0.25) is 0 Å². The fraction of sp³-hybridized carbons (Fsp3) is 0.812. The van der Waals surface area contributed by atoms with Crippen molar-refractivity contribution in [3.63, 3.8) is 0 Å². The van der Waals surface area contributed by atoms with Crippen LogP contribution in [0.5, 0.6) is 0 Å². The van der Waals surface area contributed by atoms with E-state index in [9.17, 15) is 0 Å². The first-order chi connectivity index (χ1) is 9.21. The zero-order valence-corrected chi connectivity index (χ0v) is 13.4. The minimum Gasteiger partial charge on any atom is -0.313 e. The van der Waals surface area contributed by atoms with E-state index >= 15 is 0 Å². The van der Waals surface area contributed by atoms with Gasteiger partial charge in [-0.1, -0.05) is 47.5 Å². The summed E-state index contributed by atoms with van der Waals surface area (Å²) < 4.78 is 2.28. The molecule has 19 heavy (non-hydrogen) atoms. The first-order valence-electron chi connectivity index (χ1n) is 7.99. The van der Waals surface area contributed by atoms with Crippen LogP contribution >= 0.6 is 0 Å². The molecule has 0 bridgehead atoms. The predicted octanol–water partition coefficient (Wildman–Crippen LogP) is 3.55. The Morgan fingerprint density at radius 1 is 1.05 bits per heavy atom. The van der Waals surface area contributed by atoms with Crippen molar-refractivity contribution in [2.45, 2.75) is 73.4 Å². The van der Waals surface area contributed by atoms with Crippen LogP contribution in [0.3, 0.4) is 0 Å². The van der Waals surface area contributed by atoms with E-state index in [1.807, 2.05) is 0 Å². The molecule has 1 heterocycles. The van der Waals surface area contributed by atoms with Crippen molar-refractivity contribution in [1.29, 1.82) is 0 Å². The van der Waals surface area contributed by atoms with E-state index in [4.69, 9.17) is 5.10 Å². The van der Waals surface area contributed by atoms with Gasteiger partial charge in [0.05, 0.1) is 5.69 Å². The van der Waals surface area contributed by atoms with Crippen molar-refractivity contribution in [3.05, 3.63) is 17.0 Å². The molecule has 1 aromatic heterocycles. The number of nitrogens with zero attached hydrogens (tertiary/aromatic N) is 2. The van der Waals surface area contributed by atoms with Gasteiger partial charge < -0.3 is 5.32 Å². The maximum Gasteiger partial charge on any atom is 0.0669 e. The first kappa shape index (κ1) is 16.2. The van der Waals surface area contributed by atoms with Crippen LogP contribution in [0.4, 0.5) is 0 Å². The molecular weight excluding hydrogens is 234 g/mol. The number of aromatic nitrogens is 2. The topological polar surface area (TPSA) is 29.9 Å². The maximum atomic E-state index is 4.86. The maximum absolute atomic E-state index is 4.86. The van der Waals surface area contributed by atoms with E-state index in [1.54, 1.807) is 0 Å². The number of aryl methyl sites for hydroxylation is 1. The van der Waals surface area contributed by atoms with Crippen LogP contribution in [0.1, 0.15) is 64.4 Å². The summed E-state index contributed by atoms with van der Waals surface area (Å²) in [5.74, 6) is 0.752. The molecule has 0 saturated heterocycles. The Hall–Kier alpha value is -0.830. The molecular formula is C16H31N3. The van der Waals surface area contributed by atoms with Gasteiger partial charge in [-0.2, -0.15) is 5.10 Å². The Morgan fingerprint density at radius 2 is 1.74 bits per heavy atom. The van der Waals surface area contributed by atoms with Crippen LogP contribution in [0, 0.1) is 5.92 Å². The molecule has 0 fully saturated rings. The van der Waals surface area contributed by atoms with E-state index in [0.29, 0.717) is 0 Å². The quantitative estimate of drug-likeness (QED) is 0.740. The molecule has 3 nitrogen and oxygen atoms in total. The largest absolute Gasteiger partial charge is 0.313 e. The second kappa shape index (κ2) is 8.36. The summed E-state index contributed by atoms with van der Waals surface area (Å²) in [7, 11) is 0. The highest BCUT2D eigenvalue weighted by Gasteiger charge is 2.16. The molecule has 0 aromatic carbocycles. The molecule has 0 saturated carbocycles. The van der Waals surface area contributed by atoms with Crippen LogP contribution in [0.2, 0.25) is 0 Å². The molecule has 0 atom stereocenters. The van der Waals surface area contributed by atoms with Crippen molar-refractivity contribution in [1.82, 2.24) is 15.1 Å². The summed E-state index contributed by atoms with van der Waals surface area (Å²) in [6.07, 6.45) is 4.59. The van der Waals surface area contributed by atoms with Crippen LogP contribution in [0.25, 0.3) is 0 Å². The molecule has 1 N–H and O–H groups in total. The fourth-order valence-electron chi connectivity index (χ4n) is 2.67. The van der Waals surface area contributed by atoms with Crippen LogP contribution in [0.15, 0.2) is 0 Å². The van der Waals surface area contributed by atoms with Crippen molar-refractivity contribution >= 4 is 0 Å². The second-order valence-corrected chi connectivity index (χ2v) is 5.22. The van der Waals surface area contributed by atoms with E-state index in [0.717, 1.165) is 38.4 Å². The Kier molecular flexibility index (Phi) is 7.14. The van der Waals surface area contributed by atoms with Crippen molar-refractivity contribution in [3.8, 4) is 0 Å². The molecule has 0 aliphatic heterocycles.